The van der Waals surface area contributed by atoms with E-state index in [0.29, 0.717) is 11.3 Å². The number of hydrogen-bond acceptors (Lipinski definition) is 3. The minimum atomic E-state index is -0.438. The van der Waals surface area contributed by atoms with Crippen molar-refractivity contribution < 1.29 is 18.9 Å². The first-order valence-electron chi connectivity index (χ1n) is 10.3. The van der Waals surface area contributed by atoms with Crippen LogP contribution in [-0.2, 0) is 29.0 Å². The number of hydrogen-bond donors (Lipinski definition) is 1. The van der Waals surface area contributed by atoms with Crippen LogP contribution in [0.4, 0.5) is 5.69 Å². The maximum absolute atomic E-state index is 12.8. The zero-order chi connectivity index (χ0) is 21.1. The van der Waals surface area contributed by atoms with Crippen LogP contribution in [0.15, 0.2) is 54.7 Å². The predicted octanol–water partition coefficient (Wildman–Crippen LogP) is 3.51. The van der Waals surface area contributed by atoms with Crippen LogP contribution in [0, 0.1) is 6.92 Å². The lowest BCUT2D eigenvalue weighted by Crippen LogP contribution is -2.42. The average Bonchev–Trinajstić information content (AvgIpc) is 3.33. The van der Waals surface area contributed by atoms with Crippen molar-refractivity contribution in [2.24, 2.45) is 0 Å². The number of aryl methyl sites for hydroxylation is 1. The smallest absolute Gasteiger partial charge is 0.340 e. The molecule has 154 valence electrons. The van der Waals surface area contributed by atoms with Crippen LogP contribution in [-0.4, -0.2) is 23.1 Å². The molecule has 4 rings (SSSR count). The lowest BCUT2D eigenvalue weighted by molar-refractivity contribution is -0.690. The van der Waals surface area contributed by atoms with Gasteiger partial charge in [-0.05, 0) is 32.4 Å². The Bertz CT molecular complexity index is 1080. The van der Waals surface area contributed by atoms with Crippen LogP contribution < -0.4 is 9.88 Å². The summed E-state index contributed by atoms with van der Waals surface area (Å²) in [6.45, 7) is 5.27. The number of fused-ring (bicyclic) bond motifs is 1. The van der Waals surface area contributed by atoms with Gasteiger partial charge in [-0.1, -0.05) is 42.0 Å². The number of carbonyl (C=O) groups excluding carboxylic acids is 2. The van der Waals surface area contributed by atoms with E-state index in [1.807, 2.05) is 4.57 Å². The van der Waals surface area contributed by atoms with Gasteiger partial charge in [0.2, 0.25) is 0 Å². The van der Waals surface area contributed by atoms with Crippen LogP contribution in [0.1, 0.15) is 35.1 Å². The van der Waals surface area contributed by atoms with Crippen LogP contribution >= 0.6 is 0 Å². The SMILES string of the molecule is CCOC(=O)c1ccccc1NC(=O)C[n+]1cc(-c2ccc(C)cc2)n2c1CCC2. The summed E-state index contributed by atoms with van der Waals surface area (Å²) in [5, 5.41) is 2.88. The van der Waals surface area contributed by atoms with Gasteiger partial charge in [0, 0.05) is 5.56 Å². The van der Waals surface area contributed by atoms with Crippen molar-refractivity contribution in [1.29, 1.82) is 0 Å². The topological polar surface area (TPSA) is 64.2 Å². The van der Waals surface area contributed by atoms with Gasteiger partial charge in [-0.3, -0.25) is 4.79 Å². The van der Waals surface area contributed by atoms with Gasteiger partial charge in [-0.2, -0.15) is 0 Å². The van der Waals surface area contributed by atoms with E-state index in [-0.39, 0.29) is 19.1 Å². The van der Waals surface area contributed by atoms with Crippen molar-refractivity contribution in [1.82, 2.24) is 4.57 Å². The fourth-order valence-electron chi connectivity index (χ4n) is 3.92. The average molecular weight is 404 g/mol. The fourth-order valence-corrected chi connectivity index (χ4v) is 3.92. The number of imidazole rings is 1. The number of benzene rings is 2. The maximum atomic E-state index is 12.8. The van der Waals surface area contributed by atoms with Crippen LogP contribution in [0.2, 0.25) is 0 Å². The molecule has 1 aromatic heterocycles. The normalized spacial score (nSPS) is 12.5. The van der Waals surface area contributed by atoms with Gasteiger partial charge in [0.05, 0.1) is 30.8 Å². The van der Waals surface area contributed by atoms with Gasteiger partial charge in [-0.25, -0.2) is 13.9 Å². The van der Waals surface area contributed by atoms with Gasteiger partial charge >= 0.3 is 5.97 Å². The second kappa shape index (κ2) is 8.53. The molecule has 0 spiro atoms. The highest BCUT2D eigenvalue weighted by Crippen LogP contribution is 2.25. The zero-order valence-corrected chi connectivity index (χ0v) is 17.4. The minimum Gasteiger partial charge on any atom is -0.462 e. The zero-order valence-electron chi connectivity index (χ0n) is 17.4. The Hall–Kier alpha value is -3.41. The third-order valence-electron chi connectivity index (χ3n) is 5.35. The molecule has 0 unspecified atom stereocenters. The third kappa shape index (κ3) is 3.99. The van der Waals surface area contributed by atoms with E-state index in [1.165, 1.54) is 5.56 Å². The van der Waals surface area contributed by atoms with E-state index in [2.05, 4.69) is 47.3 Å². The number of carbonyl (C=O) groups is 2. The Morgan fingerprint density at radius 2 is 1.90 bits per heavy atom. The highest BCUT2D eigenvalue weighted by Gasteiger charge is 2.29. The van der Waals surface area contributed by atoms with E-state index in [4.69, 9.17) is 4.74 Å². The molecule has 1 aliphatic rings. The molecule has 0 saturated carbocycles. The minimum absolute atomic E-state index is 0.174. The van der Waals surface area contributed by atoms with Crippen LogP contribution in [0.5, 0.6) is 0 Å². The Kier molecular flexibility index (Phi) is 5.65. The Labute approximate surface area is 176 Å². The van der Waals surface area contributed by atoms with Gasteiger partial charge < -0.3 is 10.1 Å². The fraction of sp³-hybridized carbons (Fsp3) is 0.292. The summed E-state index contributed by atoms with van der Waals surface area (Å²) in [5.41, 5.74) is 4.33. The molecule has 0 saturated heterocycles. The van der Waals surface area contributed by atoms with Crippen molar-refractivity contribution in [3.8, 4) is 11.3 Å². The standard InChI is InChI=1S/C24H25N3O3/c1-3-30-24(29)19-7-4-5-8-20(19)25-22(28)16-26-15-21(27-14-6-9-23(26)27)18-12-10-17(2)11-13-18/h4-5,7-8,10-13,15H,3,6,9,14,16H2,1-2H3/p+1. The summed E-state index contributed by atoms with van der Waals surface area (Å²) in [6, 6.07) is 15.4. The van der Waals surface area contributed by atoms with Crippen molar-refractivity contribution in [2.75, 3.05) is 11.9 Å². The molecule has 1 aliphatic heterocycles. The first-order valence-corrected chi connectivity index (χ1v) is 10.3. The van der Waals surface area contributed by atoms with E-state index < -0.39 is 5.97 Å². The molecular formula is C24H26N3O3+. The van der Waals surface area contributed by atoms with Crippen molar-refractivity contribution in [3.05, 3.63) is 71.7 Å². The molecule has 6 nitrogen and oxygen atoms in total. The molecule has 0 atom stereocenters. The lowest BCUT2D eigenvalue weighted by Gasteiger charge is -2.09. The Morgan fingerprint density at radius 3 is 2.67 bits per heavy atom. The lowest BCUT2D eigenvalue weighted by atomic mass is 10.1. The molecule has 2 heterocycles. The van der Waals surface area contributed by atoms with Gasteiger partial charge in [0.25, 0.3) is 11.7 Å². The second-order valence-corrected chi connectivity index (χ2v) is 7.49. The quantitative estimate of drug-likeness (QED) is 0.505. The van der Waals surface area contributed by atoms with Crippen LogP contribution in [0.25, 0.3) is 11.3 Å². The van der Waals surface area contributed by atoms with Gasteiger partial charge in [0.15, 0.2) is 12.2 Å². The van der Waals surface area contributed by atoms with E-state index in [1.54, 1.807) is 31.2 Å². The second-order valence-electron chi connectivity index (χ2n) is 7.49. The van der Waals surface area contributed by atoms with Gasteiger partial charge in [-0.15, -0.1) is 0 Å². The van der Waals surface area contributed by atoms with Crippen molar-refractivity contribution >= 4 is 17.6 Å². The number of amides is 1. The molecule has 2 aromatic carbocycles. The molecule has 3 aromatic rings. The number of anilines is 1. The number of nitrogens with zero attached hydrogens (tertiary/aromatic N) is 2. The number of aromatic nitrogens is 2. The third-order valence-corrected chi connectivity index (χ3v) is 5.35. The molecule has 0 fully saturated rings. The van der Waals surface area contributed by atoms with Gasteiger partial charge in [0.1, 0.15) is 6.20 Å². The van der Waals surface area contributed by atoms with Crippen LogP contribution in [0.3, 0.4) is 0 Å². The predicted molar refractivity (Wildman–Crippen MR) is 114 cm³/mol. The summed E-state index contributed by atoms with van der Waals surface area (Å²) in [5.74, 6) is 0.541. The molecule has 0 radical (unpaired) electrons. The number of ether oxygens (including phenoxy) is 1. The summed E-state index contributed by atoms with van der Waals surface area (Å²) in [6.07, 6.45) is 4.07. The summed E-state index contributed by atoms with van der Waals surface area (Å²) >= 11 is 0. The molecular weight excluding hydrogens is 378 g/mol. The molecule has 1 amide bonds. The first kappa shape index (κ1) is 19.9. The molecule has 0 bridgehead atoms. The highest BCUT2D eigenvalue weighted by atomic mass is 16.5. The summed E-state index contributed by atoms with van der Waals surface area (Å²) in [7, 11) is 0. The number of esters is 1. The first-order chi connectivity index (χ1) is 14.6. The summed E-state index contributed by atoms with van der Waals surface area (Å²) < 4.78 is 9.41. The largest absolute Gasteiger partial charge is 0.462 e. The number of nitrogens with one attached hydrogen (secondary N) is 1. The van der Waals surface area contributed by atoms with Crippen molar-refractivity contribution in [3.63, 3.8) is 0 Å². The molecule has 0 aliphatic carbocycles. The Morgan fingerprint density at radius 1 is 1.13 bits per heavy atom. The van der Waals surface area contributed by atoms with Crippen molar-refractivity contribution in [2.45, 2.75) is 39.8 Å². The molecule has 1 N–H and O–H groups in total. The maximum Gasteiger partial charge on any atom is 0.340 e. The number of rotatable bonds is 6. The highest BCUT2D eigenvalue weighted by molar-refractivity contribution is 6.00. The summed E-state index contributed by atoms with van der Waals surface area (Å²) in [4.78, 5) is 25.0. The van der Waals surface area contributed by atoms with E-state index >= 15 is 0 Å². The molecule has 30 heavy (non-hydrogen) atoms. The Balaban J connectivity index is 1.56. The van der Waals surface area contributed by atoms with E-state index in [9.17, 15) is 9.59 Å². The molecule has 6 heteroatoms. The number of para-hydroxylation sites is 1. The van der Waals surface area contributed by atoms with E-state index in [0.717, 1.165) is 36.5 Å². The monoisotopic (exact) mass is 404 g/mol.